The van der Waals surface area contributed by atoms with Crippen molar-refractivity contribution in [3.05, 3.63) is 35.4 Å². The van der Waals surface area contributed by atoms with Gasteiger partial charge in [0.2, 0.25) is 0 Å². The molecule has 2 heterocycles. The van der Waals surface area contributed by atoms with Gasteiger partial charge in [0.25, 0.3) is 5.91 Å². The minimum absolute atomic E-state index is 0.0157. The fraction of sp³-hybridized carbons (Fsp3) is 0.650. The van der Waals surface area contributed by atoms with Crippen LogP contribution >= 0.6 is 0 Å². The number of nitrogens with one attached hydrogen (secondary N) is 1. The van der Waals surface area contributed by atoms with Gasteiger partial charge in [-0.2, -0.15) is 0 Å². The molecule has 1 amide bonds. The first-order chi connectivity index (χ1) is 12.1. The van der Waals surface area contributed by atoms with Gasteiger partial charge >= 0.3 is 0 Å². The third kappa shape index (κ3) is 5.53. The number of amides is 1. The van der Waals surface area contributed by atoms with E-state index in [1.165, 1.54) is 31.5 Å². The van der Waals surface area contributed by atoms with Crippen LogP contribution in [0.4, 0.5) is 0 Å². The van der Waals surface area contributed by atoms with Gasteiger partial charge in [-0.25, -0.2) is 0 Å². The summed E-state index contributed by atoms with van der Waals surface area (Å²) in [4.78, 5) is 16.9. The summed E-state index contributed by atoms with van der Waals surface area (Å²) in [7, 11) is 2.02. The third-order valence-electron chi connectivity index (χ3n) is 5.33. The number of carbonyl (C=O) groups excluding carboxylic acids is 1. The highest BCUT2D eigenvalue weighted by Gasteiger charge is 2.24. The number of hydrogen-bond acceptors (Lipinski definition) is 4. The summed E-state index contributed by atoms with van der Waals surface area (Å²) in [5.41, 5.74) is 2.48. The predicted molar refractivity (Wildman–Crippen MR) is 99.2 cm³/mol. The fourth-order valence-electron chi connectivity index (χ4n) is 3.48. The van der Waals surface area contributed by atoms with E-state index in [-0.39, 0.29) is 12.0 Å². The van der Waals surface area contributed by atoms with E-state index in [1.54, 1.807) is 0 Å². The van der Waals surface area contributed by atoms with Gasteiger partial charge in [0.1, 0.15) is 6.10 Å². The molecule has 138 valence electrons. The molecule has 0 spiro atoms. The summed E-state index contributed by atoms with van der Waals surface area (Å²) >= 11 is 0. The second-order valence-electron chi connectivity index (χ2n) is 7.61. The topological polar surface area (TPSA) is 44.8 Å². The van der Waals surface area contributed by atoms with Crippen LogP contribution in [-0.2, 0) is 22.6 Å². The lowest BCUT2D eigenvalue weighted by Gasteiger charge is -2.30. The molecule has 1 N–H and O–H groups in total. The summed E-state index contributed by atoms with van der Waals surface area (Å²) in [5, 5.41) is 2.99. The maximum absolute atomic E-state index is 12.2. The highest BCUT2D eigenvalue weighted by Crippen LogP contribution is 2.18. The molecule has 0 radical (unpaired) electrons. The van der Waals surface area contributed by atoms with E-state index in [9.17, 15) is 4.79 Å². The number of ether oxygens (including phenoxy) is 1. The summed E-state index contributed by atoms with van der Waals surface area (Å²) in [6.45, 7) is 8.52. The summed E-state index contributed by atoms with van der Waals surface area (Å²) in [6.07, 6.45) is 2.27. The Morgan fingerprint density at radius 3 is 2.52 bits per heavy atom. The van der Waals surface area contributed by atoms with Crippen LogP contribution in [0.1, 0.15) is 30.9 Å². The Balaban J connectivity index is 1.43. The standard InChI is InChI=1S/C20H31N3O2/c1-16-7-9-23(10-8-16)14-18-5-3-17(4-6-18)13-21-20(24)19-15-22(2)11-12-25-19/h3-6,16,19H,7-15H2,1-2H3,(H,21,24). The van der Waals surface area contributed by atoms with Crippen molar-refractivity contribution < 1.29 is 9.53 Å². The van der Waals surface area contributed by atoms with Crippen LogP contribution in [0.3, 0.4) is 0 Å². The van der Waals surface area contributed by atoms with E-state index in [1.807, 2.05) is 7.05 Å². The number of nitrogens with zero attached hydrogens (tertiary/aromatic N) is 2. The van der Waals surface area contributed by atoms with Crippen LogP contribution in [0.25, 0.3) is 0 Å². The molecular formula is C20H31N3O2. The molecule has 2 saturated heterocycles. The number of benzene rings is 1. The Labute approximate surface area is 151 Å². The Morgan fingerprint density at radius 1 is 1.16 bits per heavy atom. The number of carbonyl (C=O) groups is 1. The number of likely N-dealkylation sites (tertiary alicyclic amines) is 1. The van der Waals surface area contributed by atoms with Crippen molar-refractivity contribution >= 4 is 5.91 Å². The highest BCUT2D eigenvalue weighted by atomic mass is 16.5. The predicted octanol–water partition coefficient (Wildman–Crippen LogP) is 1.87. The molecule has 1 unspecified atom stereocenters. The monoisotopic (exact) mass is 345 g/mol. The molecule has 0 bridgehead atoms. The Morgan fingerprint density at radius 2 is 1.84 bits per heavy atom. The van der Waals surface area contributed by atoms with Crippen molar-refractivity contribution in [2.75, 3.05) is 39.8 Å². The van der Waals surface area contributed by atoms with E-state index >= 15 is 0 Å². The molecule has 5 nitrogen and oxygen atoms in total. The molecule has 1 aromatic rings. The number of hydrogen-bond donors (Lipinski definition) is 1. The van der Waals surface area contributed by atoms with Crippen LogP contribution in [-0.4, -0.2) is 61.6 Å². The SMILES string of the molecule is CC1CCN(Cc2ccc(CNC(=O)C3CN(C)CCO3)cc2)CC1. The Hall–Kier alpha value is -1.43. The summed E-state index contributed by atoms with van der Waals surface area (Å²) in [6, 6.07) is 8.61. The van der Waals surface area contributed by atoms with Crippen LogP contribution in [0.2, 0.25) is 0 Å². The van der Waals surface area contributed by atoms with Crippen molar-refractivity contribution in [1.82, 2.24) is 15.1 Å². The minimum atomic E-state index is -0.348. The lowest BCUT2D eigenvalue weighted by atomic mass is 9.99. The number of piperidine rings is 1. The molecule has 25 heavy (non-hydrogen) atoms. The van der Waals surface area contributed by atoms with Crippen LogP contribution in [0, 0.1) is 5.92 Å². The average Bonchev–Trinajstić information content (AvgIpc) is 2.63. The fourth-order valence-corrected chi connectivity index (χ4v) is 3.48. The number of rotatable bonds is 5. The lowest BCUT2D eigenvalue weighted by molar-refractivity contribution is -0.137. The largest absolute Gasteiger partial charge is 0.366 e. The van der Waals surface area contributed by atoms with Gasteiger partial charge in [-0.1, -0.05) is 31.2 Å². The molecule has 1 atom stereocenters. The van der Waals surface area contributed by atoms with Crippen molar-refractivity contribution in [3.8, 4) is 0 Å². The van der Waals surface area contributed by atoms with Gasteiger partial charge in [-0.3, -0.25) is 9.69 Å². The Kier molecular flexibility index (Phi) is 6.45. The first kappa shape index (κ1) is 18.4. The van der Waals surface area contributed by atoms with Crippen molar-refractivity contribution in [1.29, 1.82) is 0 Å². The van der Waals surface area contributed by atoms with Crippen LogP contribution in [0.5, 0.6) is 0 Å². The van der Waals surface area contributed by atoms with Crippen LogP contribution in [0.15, 0.2) is 24.3 Å². The lowest BCUT2D eigenvalue weighted by Crippen LogP contribution is -2.48. The van der Waals surface area contributed by atoms with E-state index in [2.05, 4.69) is 46.3 Å². The quantitative estimate of drug-likeness (QED) is 0.885. The molecular weight excluding hydrogens is 314 g/mol. The normalized spacial score (nSPS) is 23.5. The van der Waals surface area contributed by atoms with E-state index in [4.69, 9.17) is 4.74 Å². The second kappa shape index (κ2) is 8.79. The van der Waals surface area contributed by atoms with Crippen molar-refractivity contribution in [2.24, 2.45) is 5.92 Å². The molecule has 2 aliphatic rings. The van der Waals surface area contributed by atoms with Gasteiger partial charge in [0.05, 0.1) is 6.61 Å². The second-order valence-corrected chi connectivity index (χ2v) is 7.61. The maximum atomic E-state index is 12.2. The number of likely N-dealkylation sites (N-methyl/N-ethyl adjacent to an activating group) is 1. The zero-order valence-corrected chi connectivity index (χ0v) is 15.5. The molecule has 2 aliphatic heterocycles. The summed E-state index contributed by atoms with van der Waals surface area (Å²) in [5.74, 6) is 0.855. The smallest absolute Gasteiger partial charge is 0.250 e. The van der Waals surface area contributed by atoms with E-state index in [0.717, 1.165) is 24.6 Å². The molecule has 3 rings (SSSR count). The van der Waals surface area contributed by atoms with Gasteiger partial charge < -0.3 is 15.0 Å². The van der Waals surface area contributed by atoms with Gasteiger partial charge in [0.15, 0.2) is 0 Å². The molecule has 1 aromatic carbocycles. The zero-order chi connectivity index (χ0) is 17.6. The molecule has 0 aliphatic carbocycles. The molecule has 5 heteroatoms. The molecule has 2 fully saturated rings. The van der Waals surface area contributed by atoms with Gasteiger partial charge in [-0.15, -0.1) is 0 Å². The minimum Gasteiger partial charge on any atom is -0.366 e. The zero-order valence-electron chi connectivity index (χ0n) is 15.5. The third-order valence-corrected chi connectivity index (χ3v) is 5.33. The first-order valence-electron chi connectivity index (χ1n) is 9.48. The highest BCUT2D eigenvalue weighted by molar-refractivity contribution is 5.81. The number of morpholine rings is 1. The van der Waals surface area contributed by atoms with Gasteiger partial charge in [-0.05, 0) is 50.0 Å². The van der Waals surface area contributed by atoms with Crippen molar-refractivity contribution in [3.63, 3.8) is 0 Å². The van der Waals surface area contributed by atoms with E-state index < -0.39 is 0 Å². The van der Waals surface area contributed by atoms with Crippen LogP contribution < -0.4 is 5.32 Å². The molecule has 0 saturated carbocycles. The summed E-state index contributed by atoms with van der Waals surface area (Å²) < 4.78 is 5.55. The first-order valence-corrected chi connectivity index (χ1v) is 9.48. The van der Waals surface area contributed by atoms with Crippen molar-refractivity contribution in [2.45, 2.75) is 39.0 Å². The van der Waals surface area contributed by atoms with Gasteiger partial charge in [0, 0.05) is 26.2 Å². The Bertz CT molecular complexity index is 553. The maximum Gasteiger partial charge on any atom is 0.250 e. The average molecular weight is 345 g/mol. The van der Waals surface area contributed by atoms with E-state index in [0.29, 0.717) is 19.7 Å². The molecule has 0 aromatic heterocycles.